The lowest BCUT2D eigenvalue weighted by Gasteiger charge is -2.35. The number of carbonyl (C=O) groups excluding carboxylic acids is 1. The standard InChI is InChI=1S/C24H24N6O/c1-19-22(24(31)29-17-15-27(16-18-29)21-11-5-6-12-25-21)23(28-13-7-8-14-28)30(26-19)20-9-3-2-4-10-20/h2-14H,15-18H2,1H3. The van der Waals surface area contributed by atoms with Crippen molar-refractivity contribution >= 4 is 11.7 Å². The quantitative estimate of drug-likeness (QED) is 0.516. The summed E-state index contributed by atoms with van der Waals surface area (Å²) in [7, 11) is 0. The average Bonchev–Trinajstić information content (AvgIpc) is 3.47. The van der Waals surface area contributed by atoms with Crippen LogP contribution < -0.4 is 4.90 Å². The monoisotopic (exact) mass is 412 g/mol. The van der Waals surface area contributed by atoms with Gasteiger partial charge in [-0.1, -0.05) is 24.3 Å². The second-order valence-electron chi connectivity index (χ2n) is 7.59. The number of amides is 1. The number of aryl methyl sites for hydroxylation is 1. The molecular formula is C24H24N6O. The summed E-state index contributed by atoms with van der Waals surface area (Å²) < 4.78 is 3.82. The van der Waals surface area contributed by atoms with Gasteiger partial charge in [-0.25, -0.2) is 9.67 Å². The maximum atomic E-state index is 13.6. The number of pyridine rings is 1. The first-order valence-electron chi connectivity index (χ1n) is 10.5. The highest BCUT2D eigenvalue weighted by molar-refractivity contribution is 5.98. The van der Waals surface area contributed by atoms with Gasteiger partial charge in [0.1, 0.15) is 11.4 Å². The van der Waals surface area contributed by atoms with E-state index >= 15 is 0 Å². The number of para-hydroxylation sites is 1. The summed E-state index contributed by atoms with van der Waals surface area (Å²) in [5.74, 6) is 1.74. The van der Waals surface area contributed by atoms with E-state index in [0.717, 1.165) is 36.1 Å². The van der Waals surface area contributed by atoms with Crippen molar-refractivity contribution in [3.05, 3.63) is 90.5 Å². The summed E-state index contributed by atoms with van der Waals surface area (Å²) in [5.41, 5.74) is 2.30. The van der Waals surface area contributed by atoms with Crippen molar-refractivity contribution in [3.63, 3.8) is 0 Å². The molecule has 1 aliphatic heterocycles. The zero-order valence-electron chi connectivity index (χ0n) is 17.4. The second kappa shape index (κ2) is 8.10. The topological polar surface area (TPSA) is 59.2 Å². The molecule has 1 fully saturated rings. The molecule has 0 radical (unpaired) electrons. The van der Waals surface area contributed by atoms with Crippen LogP contribution in [0.25, 0.3) is 11.5 Å². The van der Waals surface area contributed by atoms with E-state index < -0.39 is 0 Å². The number of piperazine rings is 1. The first-order valence-corrected chi connectivity index (χ1v) is 10.5. The maximum absolute atomic E-state index is 13.6. The van der Waals surface area contributed by atoms with E-state index in [9.17, 15) is 4.79 Å². The lowest BCUT2D eigenvalue weighted by atomic mass is 10.2. The van der Waals surface area contributed by atoms with Crippen molar-refractivity contribution in [2.45, 2.75) is 6.92 Å². The molecule has 3 aromatic heterocycles. The Bertz CT molecular complexity index is 1160. The predicted octanol–water partition coefficient (Wildman–Crippen LogP) is 3.33. The zero-order valence-corrected chi connectivity index (χ0v) is 17.4. The number of anilines is 1. The summed E-state index contributed by atoms with van der Waals surface area (Å²) in [6.45, 7) is 4.72. The normalized spacial score (nSPS) is 14.1. The van der Waals surface area contributed by atoms with Crippen LogP contribution in [0.1, 0.15) is 16.1 Å². The van der Waals surface area contributed by atoms with Crippen molar-refractivity contribution in [2.24, 2.45) is 0 Å². The van der Waals surface area contributed by atoms with E-state index in [2.05, 4.69) is 9.88 Å². The fourth-order valence-electron chi connectivity index (χ4n) is 4.07. The van der Waals surface area contributed by atoms with Crippen LogP contribution in [0.3, 0.4) is 0 Å². The molecule has 0 aliphatic carbocycles. The smallest absolute Gasteiger partial charge is 0.259 e. The number of hydrogen-bond donors (Lipinski definition) is 0. The van der Waals surface area contributed by atoms with Gasteiger partial charge < -0.3 is 14.4 Å². The first kappa shape index (κ1) is 19.1. The van der Waals surface area contributed by atoms with Crippen molar-refractivity contribution in [1.29, 1.82) is 0 Å². The van der Waals surface area contributed by atoms with Gasteiger partial charge >= 0.3 is 0 Å². The zero-order chi connectivity index (χ0) is 21.2. The average molecular weight is 412 g/mol. The summed E-state index contributed by atoms with van der Waals surface area (Å²) >= 11 is 0. The van der Waals surface area contributed by atoms with Gasteiger partial charge in [-0.3, -0.25) is 4.79 Å². The number of hydrogen-bond acceptors (Lipinski definition) is 4. The van der Waals surface area contributed by atoms with Gasteiger partial charge in [-0.05, 0) is 43.3 Å². The van der Waals surface area contributed by atoms with Crippen LogP contribution in [-0.2, 0) is 0 Å². The third kappa shape index (κ3) is 3.59. The van der Waals surface area contributed by atoms with Gasteiger partial charge in [-0.15, -0.1) is 0 Å². The molecule has 1 aromatic carbocycles. The van der Waals surface area contributed by atoms with Gasteiger partial charge in [0.25, 0.3) is 5.91 Å². The third-order valence-corrected chi connectivity index (χ3v) is 5.64. The lowest BCUT2D eigenvalue weighted by molar-refractivity contribution is 0.0746. The van der Waals surface area contributed by atoms with E-state index in [1.807, 2.05) is 94.1 Å². The molecule has 0 unspecified atom stereocenters. The minimum Gasteiger partial charge on any atom is -0.353 e. The van der Waals surface area contributed by atoms with E-state index in [1.54, 1.807) is 6.20 Å². The van der Waals surface area contributed by atoms with Gasteiger partial charge in [0, 0.05) is 44.8 Å². The van der Waals surface area contributed by atoms with Gasteiger partial charge in [0.15, 0.2) is 5.82 Å². The highest BCUT2D eigenvalue weighted by Crippen LogP contribution is 2.25. The number of nitrogens with zero attached hydrogens (tertiary/aromatic N) is 6. The van der Waals surface area contributed by atoms with Gasteiger partial charge in [0.2, 0.25) is 0 Å². The summed E-state index contributed by atoms with van der Waals surface area (Å²) in [5, 5.41) is 4.74. The summed E-state index contributed by atoms with van der Waals surface area (Å²) in [6.07, 6.45) is 5.70. The Kier molecular flexibility index (Phi) is 5.00. The predicted molar refractivity (Wildman–Crippen MR) is 120 cm³/mol. The van der Waals surface area contributed by atoms with Gasteiger partial charge in [-0.2, -0.15) is 5.10 Å². The minimum absolute atomic E-state index is 0.0176. The molecule has 31 heavy (non-hydrogen) atoms. The first-order chi connectivity index (χ1) is 15.2. The van der Waals surface area contributed by atoms with Crippen molar-refractivity contribution in [2.75, 3.05) is 31.1 Å². The number of benzene rings is 1. The molecule has 5 rings (SSSR count). The Morgan fingerprint density at radius 3 is 2.26 bits per heavy atom. The third-order valence-electron chi connectivity index (χ3n) is 5.64. The Hall–Kier alpha value is -3.87. The molecule has 0 spiro atoms. The molecular weight excluding hydrogens is 388 g/mol. The summed E-state index contributed by atoms with van der Waals surface area (Å²) in [6, 6.07) is 19.8. The molecule has 4 heterocycles. The molecule has 4 aromatic rings. The second-order valence-corrected chi connectivity index (χ2v) is 7.59. The molecule has 0 N–H and O–H groups in total. The molecule has 0 saturated carbocycles. The molecule has 0 bridgehead atoms. The molecule has 7 nitrogen and oxygen atoms in total. The molecule has 7 heteroatoms. The molecule has 156 valence electrons. The molecule has 0 atom stereocenters. The molecule has 1 aliphatic rings. The number of rotatable bonds is 4. The van der Waals surface area contributed by atoms with Crippen molar-refractivity contribution in [1.82, 2.24) is 24.2 Å². The van der Waals surface area contributed by atoms with E-state index in [4.69, 9.17) is 5.10 Å². The fraction of sp³-hybridized carbons (Fsp3) is 0.208. The minimum atomic E-state index is 0.0176. The molecule has 1 amide bonds. The Morgan fingerprint density at radius 2 is 1.58 bits per heavy atom. The Labute approximate surface area is 181 Å². The molecule has 1 saturated heterocycles. The number of carbonyl (C=O) groups is 1. The van der Waals surface area contributed by atoms with E-state index in [1.165, 1.54) is 0 Å². The van der Waals surface area contributed by atoms with Crippen LogP contribution >= 0.6 is 0 Å². The summed E-state index contributed by atoms with van der Waals surface area (Å²) in [4.78, 5) is 22.2. The lowest BCUT2D eigenvalue weighted by Crippen LogP contribution is -2.49. The van der Waals surface area contributed by atoms with E-state index in [-0.39, 0.29) is 5.91 Å². The van der Waals surface area contributed by atoms with Crippen LogP contribution in [0.4, 0.5) is 5.82 Å². The fourth-order valence-corrected chi connectivity index (χ4v) is 4.07. The van der Waals surface area contributed by atoms with Crippen LogP contribution in [0.5, 0.6) is 0 Å². The van der Waals surface area contributed by atoms with Crippen LogP contribution in [0, 0.1) is 6.92 Å². The Morgan fingerprint density at radius 1 is 0.871 bits per heavy atom. The van der Waals surface area contributed by atoms with Crippen LogP contribution in [0.2, 0.25) is 0 Å². The van der Waals surface area contributed by atoms with Crippen molar-refractivity contribution < 1.29 is 4.79 Å². The maximum Gasteiger partial charge on any atom is 0.259 e. The van der Waals surface area contributed by atoms with Crippen LogP contribution in [-0.4, -0.2) is 56.3 Å². The van der Waals surface area contributed by atoms with E-state index in [0.29, 0.717) is 18.7 Å². The SMILES string of the molecule is Cc1nn(-c2ccccc2)c(-n2cccc2)c1C(=O)N1CCN(c2ccccn2)CC1. The largest absolute Gasteiger partial charge is 0.353 e. The van der Waals surface area contributed by atoms with Crippen LogP contribution in [0.15, 0.2) is 79.3 Å². The highest BCUT2D eigenvalue weighted by Gasteiger charge is 2.29. The van der Waals surface area contributed by atoms with Gasteiger partial charge in [0.05, 0.1) is 11.4 Å². The highest BCUT2D eigenvalue weighted by atomic mass is 16.2. The number of aromatic nitrogens is 4. The Balaban J connectivity index is 1.46. The van der Waals surface area contributed by atoms with Crippen molar-refractivity contribution in [3.8, 4) is 11.5 Å².